The van der Waals surface area contributed by atoms with Gasteiger partial charge in [-0.3, -0.25) is 9.59 Å². The van der Waals surface area contributed by atoms with Crippen LogP contribution in [0.5, 0.6) is 0 Å². The van der Waals surface area contributed by atoms with Gasteiger partial charge in [0, 0.05) is 29.9 Å². The summed E-state index contributed by atoms with van der Waals surface area (Å²) in [5.74, 6) is -0.292. The van der Waals surface area contributed by atoms with E-state index in [0.717, 1.165) is 34.8 Å². The number of benzene rings is 2. The van der Waals surface area contributed by atoms with Crippen LogP contribution in [0.2, 0.25) is 0 Å². The average molecular weight is 546 g/mol. The molecule has 1 aliphatic heterocycles. The van der Waals surface area contributed by atoms with Crippen LogP contribution in [0.4, 0.5) is 4.39 Å². The predicted molar refractivity (Wildman–Crippen MR) is 150 cm³/mol. The first kappa shape index (κ1) is 26.7. The van der Waals surface area contributed by atoms with E-state index in [9.17, 15) is 14.0 Å². The molecule has 0 atom stereocenters. The van der Waals surface area contributed by atoms with Crippen molar-refractivity contribution >= 4 is 23.2 Å². The molecule has 2 aromatic heterocycles. The van der Waals surface area contributed by atoms with Gasteiger partial charge in [0.25, 0.3) is 11.8 Å². The van der Waals surface area contributed by atoms with E-state index in [1.165, 1.54) is 23.5 Å². The summed E-state index contributed by atoms with van der Waals surface area (Å²) in [5.41, 5.74) is 3.21. The molecule has 39 heavy (non-hydrogen) atoms. The van der Waals surface area contributed by atoms with Crippen LogP contribution in [0.15, 0.2) is 66.2 Å². The summed E-state index contributed by atoms with van der Waals surface area (Å²) in [5, 5.41) is 10.2. The van der Waals surface area contributed by atoms with Crippen molar-refractivity contribution in [1.29, 1.82) is 0 Å². The SMILES string of the molecule is Cc1c(C(=O)N2CCC(c3nc(C(=O)NC(C)(C)Cc4ccc(F)cc4)cs3)CC2)cnn1-c1ccccc1. The summed E-state index contributed by atoms with van der Waals surface area (Å²) < 4.78 is 15.0. The highest BCUT2D eigenvalue weighted by molar-refractivity contribution is 7.09. The van der Waals surface area contributed by atoms with Crippen molar-refractivity contribution in [3.8, 4) is 5.69 Å². The Labute approximate surface area is 231 Å². The largest absolute Gasteiger partial charge is 0.345 e. The molecular weight excluding hydrogens is 513 g/mol. The maximum absolute atomic E-state index is 13.3. The molecule has 2 amide bonds. The minimum absolute atomic E-state index is 0.00396. The molecule has 0 aliphatic carbocycles. The average Bonchev–Trinajstić information content (AvgIpc) is 3.57. The Hall–Kier alpha value is -3.85. The zero-order valence-corrected chi connectivity index (χ0v) is 23.2. The number of thiazole rings is 1. The lowest BCUT2D eigenvalue weighted by Crippen LogP contribution is -2.45. The third-order valence-electron chi connectivity index (χ3n) is 7.14. The van der Waals surface area contributed by atoms with Crippen LogP contribution in [0, 0.1) is 12.7 Å². The van der Waals surface area contributed by atoms with Gasteiger partial charge in [0.1, 0.15) is 11.5 Å². The number of para-hydroxylation sites is 1. The first-order valence-electron chi connectivity index (χ1n) is 13.1. The number of nitrogens with zero attached hydrogens (tertiary/aromatic N) is 4. The summed E-state index contributed by atoms with van der Waals surface area (Å²) in [6.07, 6.45) is 3.82. The maximum atomic E-state index is 13.3. The second kappa shape index (κ2) is 11.1. The van der Waals surface area contributed by atoms with Crippen molar-refractivity contribution in [2.45, 2.75) is 51.5 Å². The zero-order chi connectivity index (χ0) is 27.6. The quantitative estimate of drug-likeness (QED) is 0.330. The Balaban J connectivity index is 1.17. The van der Waals surface area contributed by atoms with E-state index in [1.807, 2.05) is 56.0 Å². The molecule has 7 nitrogen and oxygen atoms in total. The molecule has 4 aromatic rings. The summed E-state index contributed by atoms with van der Waals surface area (Å²) in [7, 11) is 0. The monoisotopic (exact) mass is 545 g/mol. The van der Waals surface area contributed by atoms with E-state index in [2.05, 4.69) is 15.4 Å². The highest BCUT2D eigenvalue weighted by Gasteiger charge is 2.29. The van der Waals surface area contributed by atoms with Gasteiger partial charge in [-0.15, -0.1) is 11.3 Å². The van der Waals surface area contributed by atoms with Gasteiger partial charge in [-0.25, -0.2) is 14.1 Å². The summed E-state index contributed by atoms with van der Waals surface area (Å²) in [4.78, 5) is 32.8. The molecule has 9 heteroatoms. The third kappa shape index (κ3) is 6.09. The molecule has 1 N–H and O–H groups in total. The van der Waals surface area contributed by atoms with E-state index < -0.39 is 5.54 Å². The van der Waals surface area contributed by atoms with Crippen LogP contribution in [0.1, 0.15) is 69.7 Å². The fourth-order valence-electron chi connectivity index (χ4n) is 5.06. The van der Waals surface area contributed by atoms with Crippen LogP contribution >= 0.6 is 11.3 Å². The van der Waals surface area contributed by atoms with Gasteiger partial charge in [0.2, 0.25) is 0 Å². The molecule has 2 aromatic carbocycles. The molecule has 1 saturated heterocycles. The highest BCUT2D eigenvalue weighted by Crippen LogP contribution is 2.31. The minimum Gasteiger partial charge on any atom is -0.345 e. The number of halogens is 1. The van der Waals surface area contributed by atoms with Crippen molar-refractivity contribution in [3.63, 3.8) is 0 Å². The molecule has 202 valence electrons. The normalized spacial score (nSPS) is 14.4. The van der Waals surface area contributed by atoms with E-state index >= 15 is 0 Å². The number of hydrogen-bond acceptors (Lipinski definition) is 5. The molecule has 3 heterocycles. The van der Waals surface area contributed by atoms with E-state index in [1.54, 1.807) is 28.4 Å². The van der Waals surface area contributed by atoms with Gasteiger partial charge in [-0.1, -0.05) is 30.3 Å². The second-order valence-electron chi connectivity index (χ2n) is 10.7. The Morgan fingerprint density at radius 2 is 1.77 bits per heavy atom. The fourth-order valence-corrected chi connectivity index (χ4v) is 6.03. The minimum atomic E-state index is -0.517. The van der Waals surface area contributed by atoms with Gasteiger partial charge in [0.15, 0.2) is 0 Å². The maximum Gasteiger partial charge on any atom is 0.271 e. The summed E-state index contributed by atoms with van der Waals surface area (Å²) in [6.45, 7) is 7.07. The predicted octanol–water partition coefficient (Wildman–Crippen LogP) is 5.55. The number of carbonyl (C=O) groups is 2. The smallest absolute Gasteiger partial charge is 0.271 e. The second-order valence-corrected chi connectivity index (χ2v) is 11.6. The summed E-state index contributed by atoms with van der Waals surface area (Å²) >= 11 is 1.49. The number of likely N-dealkylation sites (tertiary alicyclic amines) is 1. The van der Waals surface area contributed by atoms with Crippen molar-refractivity contribution in [1.82, 2.24) is 25.0 Å². The number of amides is 2. The topological polar surface area (TPSA) is 80.1 Å². The lowest BCUT2D eigenvalue weighted by Gasteiger charge is -2.31. The number of piperidine rings is 1. The van der Waals surface area contributed by atoms with Gasteiger partial charge < -0.3 is 10.2 Å². The van der Waals surface area contributed by atoms with Gasteiger partial charge in [-0.05, 0) is 69.9 Å². The Kier molecular flexibility index (Phi) is 7.61. The van der Waals surface area contributed by atoms with Crippen LogP contribution in [0.3, 0.4) is 0 Å². The van der Waals surface area contributed by atoms with Gasteiger partial charge in [0.05, 0.1) is 28.1 Å². The Morgan fingerprint density at radius 3 is 2.46 bits per heavy atom. The van der Waals surface area contributed by atoms with Gasteiger partial charge >= 0.3 is 0 Å². The highest BCUT2D eigenvalue weighted by atomic mass is 32.1. The van der Waals surface area contributed by atoms with Crippen molar-refractivity contribution in [3.05, 3.63) is 99.5 Å². The van der Waals surface area contributed by atoms with Crippen molar-refractivity contribution < 1.29 is 14.0 Å². The number of rotatable bonds is 7. The molecular formula is C30H32FN5O2S. The molecule has 0 bridgehead atoms. The molecule has 0 radical (unpaired) electrons. The molecule has 1 fully saturated rings. The van der Waals surface area contributed by atoms with E-state index in [0.29, 0.717) is 30.8 Å². The standard InChI is InChI=1S/C30H32FN5O2S/c1-20-25(18-32-36(20)24-7-5-4-6-8-24)29(38)35-15-13-22(14-16-35)28-33-26(19-39-28)27(37)34-30(2,3)17-21-9-11-23(31)12-10-21/h4-12,18-19,22H,13-17H2,1-3H3,(H,34,37). The zero-order valence-electron chi connectivity index (χ0n) is 22.4. The van der Waals surface area contributed by atoms with E-state index in [-0.39, 0.29) is 23.5 Å². The lowest BCUT2D eigenvalue weighted by atomic mass is 9.94. The number of carbonyl (C=O) groups excluding carboxylic acids is 2. The van der Waals surface area contributed by atoms with Gasteiger partial charge in [-0.2, -0.15) is 5.10 Å². The number of aromatic nitrogens is 3. The Bertz CT molecular complexity index is 1450. The van der Waals surface area contributed by atoms with Crippen molar-refractivity contribution in [2.24, 2.45) is 0 Å². The number of hydrogen-bond donors (Lipinski definition) is 1. The lowest BCUT2D eigenvalue weighted by molar-refractivity contribution is 0.0712. The van der Waals surface area contributed by atoms with E-state index in [4.69, 9.17) is 0 Å². The summed E-state index contributed by atoms with van der Waals surface area (Å²) in [6, 6.07) is 16.1. The first-order valence-corrected chi connectivity index (χ1v) is 14.0. The fraction of sp³-hybridized carbons (Fsp3) is 0.333. The van der Waals surface area contributed by atoms with Crippen LogP contribution < -0.4 is 5.32 Å². The van der Waals surface area contributed by atoms with Crippen LogP contribution in [0.25, 0.3) is 5.69 Å². The molecule has 5 rings (SSSR count). The number of nitrogens with one attached hydrogen (secondary N) is 1. The molecule has 0 unspecified atom stereocenters. The van der Waals surface area contributed by atoms with Crippen LogP contribution in [-0.2, 0) is 6.42 Å². The molecule has 1 aliphatic rings. The molecule has 0 saturated carbocycles. The third-order valence-corrected chi connectivity index (χ3v) is 8.15. The molecule has 0 spiro atoms. The van der Waals surface area contributed by atoms with Crippen LogP contribution in [-0.4, -0.2) is 50.1 Å². The Morgan fingerprint density at radius 1 is 1.08 bits per heavy atom. The first-order chi connectivity index (χ1) is 18.7. The van der Waals surface area contributed by atoms with Crippen molar-refractivity contribution in [2.75, 3.05) is 13.1 Å².